The largest absolute Gasteiger partial charge is 0.415 e. The van der Waals surface area contributed by atoms with Gasteiger partial charge in [0.05, 0.1) is 18.1 Å². The van der Waals surface area contributed by atoms with Crippen LogP contribution in [0.1, 0.15) is 12.5 Å². The Hall–Kier alpha value is -3.84. The molecule has 4 aromatic rings. The van der Waals surface area contributed by atoms with E-state index < -0.39 is 0 Å². The van der Waals surface area contributed by atoms with Crippen molar-refractivity contribution in [2.75, 3.05) is 19.6 Å². The van der Waals surface area contributed by atoms with Crippen LogP contribution in [0.5, 0.6) is 0 Å². The molecule has 0 bridgehead atoms. The van der Waals surface area contributed by atoms with Crippen molar-refractivity contribution in [1.29, 1.82) is 0 Å². The third-order valence-corrected chi connectivity index (χ3v) is 5.56. The van der Waals surface area contributed by atoms with Gasteiger partial charge < -0.3 is 14.6 Å². The SMILES string of the molecule is C=C(c1ccc(-c2cncc(-c3nnc(-c4ccccc4)o3)n2)cc1)N1CCNC(C)C1. The highest BCUT2D eigenvalue weighted by Crippen LogP contribution is 2.26. The third kappa shape index (κ3) is 4.15. The van der Waals surface area contributed by atoms with E-state index in [0.717, 1.165) is 47.7 Å². The van der Waals surface area contributed by atoms with Gasteiger partial charge in [0.25, 0.3) is 5.89 Å². The Balaban J connectivity index is 1.36. The summed E-state index contributed by atoms with van der Waals surface area (Å²) in [6.45, 7) is 9.41. The van der Waals surface area contributed by atoms with Crippen LogP contribution in [0.15, 0.2) is 78.0 Å². The van der Waals surface area contributed by atoms with Crippen molar-refractivity contribution >= 4 is 5.70 Å². The van der Waals surface area contributed by atoms with Gasteiger partial charge in [-0.05, 0) is 24.6 Å². The summed E-state index contributed by atoms with van der Waals surface area (Å²) < 4.78 is 5.83. The maximum Gasteiger partial charge on any atom is 0.268 e. The Labute approximate surface area is 186 Å². The molecule has 5 rings (SSSR count). The lowest BCUT2D eigenvalue weighted by atomic mass is 10.1. The average Bonchev–Trinajstić information content (AvgIpc) is 3.35. The molecule has 7 heteroatoms. The minimum absolute atomic E-state index is 0.344. The molecule has 32 heavy (non-hydrogen) atoms. The number of rotatable bonds is 5. The normalized spacial score (nSPS) is 16.2. The first-order valence-corrected chi connectivity index (χ1v) is 10.7. The second-order valence-electron chi connectivity index (χ2n) is 7.89. The highest BCUT2D eigenvalue weighted by atomic mass is 16.4. The van der Waals surface area contributed by atoms with Crippen LogP contribution in [0.2, 0.25) is 0 Å². The minimum atomic E-state index is 0.344. The van der Waals surface area contributed by atoms with Gasteiger partial charge in [0.1, 0.15) is 5.69 Å². The molecule has 1 atom stereocenters. The maximum atomic E-state index is 5.83. The number of aromatic nitrogens is 4. The monoisotopic (exact) mass is 424 g/mol. The van der Waals surface area contributed by atoms with Crippen molar-refractivity contribution in [1.82, 2.24) is 30.4 Å². The van der Waals surface area contributed by atoms with E-state index in [1.54, 1.807) is 12.4 Å². The van der Waals surface area contributed by atoms with Crippen molar-refractivity contribution in [2.24, 2.45) is 0 Å². The van der Waals surface area contributed by atoms with Gasteiger partial charge in [-0.25, -0.2) is 4.98 Å². The van der Waals surface area contributed by atoms with Gasteiger partial charge >= 0.3 is 0 Å². The summed E-state index contributed by atoms with van der Waals surface area (Å²) in [4.78, 5) is 11.4. The number of hydrogen-bond acceptors (Lipinski definition) is 7. The summed E-state index contributed by atoms with van der Waals surface area (Å²) in [5.41, 5.74) is 5.27. The molecule has 1 unspecified atom stereocenters. The number of hydrogen-bond donors (Lipinski definition) is 1. The first-order chi connectivity index (χ1) is 15.7. The fourth-order valence-electron chi connectivity index (χ4n) is 3.83. The molecular formula is C25H24N6O. The van der Waals surface area contributed by atoms with E-state index in [-0.39, 0.29) is 0 Å². The van der Waals surface area contributed by atoms with Crippen molar-refractivity contribution in [2.45, 2.75) is 13.0 Å². The summed E-state index contributed by atoms with van der Waals surface area (Å²) in [7, 11) is 0. The van der Waals surface area contributed by atoms with E-state index in [1.807, 2.05) is 42.5 Å². The van der Waals surface area contributed by atoms with Crippen LogP contribution in [0.25, 0.3) is 40.0 Å². The van der Waals surface area contributed by atoms with Gasteiger partial charge in [0, 0.05) is 42.5 Å². The molecular weight excluding hydrogens is 400 g/mol. The van der Waals surface area contributed by atoms with Crippen LogP contribution < -0.4 is 5.32 Å². The summed E-state index contributed by atoms with van der Waals surface area (Å²) >= 11 is 0. The van der Waals surface area contributed by atoms with Crippen molar-refractivity contribution in [3.05, 3.63) is 79.1 Å². The Kier molecular flexibility index (Phi) is 5.47. The van der Waals surface area contributed by atoms with Gasteiger partial charge in [0.15, 0.2) is 0 Å². The molecule has 160 valence electrons. The van der Waals surface area contributed by atoms with E-state index >= 15 is 0 Å². The van der Waals surface area contributed by atoms with Crippen LogP contribution in [0.3, 0.4) is 0 Å². The molecule has 7 nitrogen and oxygen atoms in total. The van der Waals surface area contributed by atoms with Gasteiger partial charge in [0.2, 0.25) is 5.89 Å². The molecule has 1 saturated heterocycles. The Morgan fingerprint density at radius 2 is 1.72 bits per heavy atom. The molecule has 1 fully saturated rings. The van der Waals surface area contributed by atoms with Crippen molar-refractivity contribution in [3.8, 4) is 34.3 Å². The zero-order valence-electron chi connectivity index (χ0n) is 17.9. The lowest BCUT2D eigenvalue weighted by Gasteiger charge is -2.35. The topological polar surface area (TPSA) is 80.0 Å². The summed E-state index contributed by atoms with van der Waals surface area (Å²) in [6.07, 6.45) is 3.37. The number of nitrogens with zero attached hydrogens (tertiary/aromatic N) is 5. The molecule has 0 spiro atoms. The molecule has 0 amide bonds. The molecule has 0 aliphatic carbocycles. The van der Waals surface area contributed by atoms with Crippen molar-refractivity contribution < 1.29 is 4.42 Å². The summed E-state index contributed by atoms with van der Waals surface area (Å²) in [6, 6.07) is 18.4. The summed E-state index contributed by atoms with van der Waals surface area (Å²) in [5, 5.41) is 11.8. The third-order valence-electron chi connectivity index (χ3n) is 5.56. The second-order valence-corrected chi connectivity index (χ2v) is 7.89. The number of piperazine rings is 1. The van der Waals surface area contributed by atoms with Gasteiger partial charge in [-0.1, -0.05) is 49.0 Å². The first kappa shape index (κ1) is 20.1. The lowest BCUT2D eigenvalue weighted by molar-refractivity contribution is 0.290. The smallest absolute Gasteiger partial charge is 0.268 e. The number of nitrogens with one attached hydrogen (secondary N) is 1. The molecule has 0 radical (unpaired) electrons. The highest BCUT2D eigenvalue weighted by molar-refractivity contribution is 5.68. The van der Waals surface area contributed by atoms with Gasteiger partial charge in [-0.2, -0.15) is 0 Å². The van der Waals surface area contributed by atoms with Crippen molar-refractivity contribution in [3.63, 3.8) is 0 Å². The first-order valence-electron chi connectivity index (χ1n) is 10.7. The minimum Gasteiger partial charge on any atom is -0.415 e. The molecule has 2 aromatic carbocycles. The predicted octanol–water partition coefficient (Wildman–Crippen LogP) is 4.13. The van der Waals surface area contributed by atoms with E-state index in [9.17, 15) is 0 Å². The summed E-state index contributed by atoms with van der Waals surface area (Å²) in [5.74, 6) is 0.800. The fourth-order valence-corrected chi connectivity index (χ4v) is 3.83. The average molecular weight is 425 g/mol. The van der Waals surface area contributed by atoms with Crippen LogP contribution in [0.4, 0.5) is 0 Å². The van der Waals surface area contributed by atoms with E-state index in [4.69, 9.17) is 9.40 Å². The van der Waals surface area contributed by atoms with E-state index in [0.29, 0.717) is 23.5 Å². The Bertz CT molecular complexity index is 1220. The highest BCUT2D eigenvalue weighted by Gasteiger charge is 2.18. The van der Waals surface area contributed by atoms with E-state index in [1.165, 1.54) is 0 Å². The predicted molar refractivity (Wildman–Crippen MR) is 124 cm³/mol. The molecule has 1 aliphatic rings. The van der Waals surface area contributed by atoms with Gasteiger partial charge in [-0.3, -0.25) is 4.98 Å². The second kappa shape index (κ2) is 8.72. The standard InChI is InChI=1S/C25H24N6O/c1-17-16-31(13-12-27-17)18(2)19-8-10-20(11-9-19)22-14-26-15-23(28-22)25-30-29-24(32-25)21-6-4-3-5-7-21/h3-11,14-15,17,27H,2,12-13,16H2,1H3. The van der Waals surface area contributed by atoms with Crippen LogP contribution >= 0.6 is 0 Å². The van der Waals surface area contributed by atoms with Crippen LogP contribution in [0, 0.1) is 0 Å². The zero-order valence-corrected chi connectivity index (χ0v) is 17.9. The molecule has 1 N–H and O–H groups in total. The van der Waals surface area contributed by atoms with Crippen LogP contribution in [-0.4, -0.2) is 50.7 Å². The quantitative estimate of drug-likeness (QED) is 0.516. The number of benzene rings is 2. The van der Waals surface area contributed by atoms with E-state index in [2.05, 4.69) is 51.0 Å². The van der Waals surface area contributed by atoms with Crippen LogP contribution in [-0.2, 0) is 0 Å². The molecule has 0 saturated carbocycles. The molecule has 2 aromatic heterocycles. The van der Waals surface area contributed by atoms with Gasteiger partial charge in [-0.15, -0.1) is 10.2 Å². The zero-order chi connectivity index (χ0) is 21.9. The Morgan fingerprint density at radius 3 is 2.50 bits per heavy atom. The lowest BCUT2D eigenvalue weighted by Crippen LogP contribution is -2.48. The molecule has 3 heterocycles. The Morgan fingerprint density at radius 1 is 0.969 bits per heavy atom. The fraction of sp³-hybridized carbons (Fsp3) is 0.200. The molecule has 1 aliphatic heterocycles. The maximum absolute atomic E-state index is 5.83.